The van der Waals surface area contributed by atoms with Crippen LogP contribution >= 0.6 is 23.2 Å². The first kappa shape index (κ1) is 11.6. The average Bonchev–Trinajstić information content (AvgIpc) is 2.55. The first-order chi connectivity index (χ1) is 7.58. The van der Waals surface area contributed by atoms with Crippen molar-refractivity contribution in [2.45, 2.75) is 20.4 Å². The Balaban J connectivity index is 2.31. The molecule has 0 saturated heterocycles. The van der Waals surface area contributed by atoms with Crippen LogP contribution in [0.2, 0.25) is 10.0 Å². The van der Waals surface area contributed by atoms with Crippen molar-refractivity contribution < 1.29 is 0 Å². The van der Waals surface area contributed by atoms with E-state index in [0.29, 0.717) is 10.0 Å². The van der Waals surface area contributed by atoms with Crippen LogP contribution in [0.5, 0.6) is 0 Å². The molecule has 0 fully saturated rings. The molecule has 1 aromatic heterocycles. The third-order valence-electron chi connectivity index (χ3n) is 2.74. The van der Waals surface area contributed by atoms with Crippen molar-refractivity contribution in [1.29, 1.82) is 0 Å². The van der Waals surface area contributed by atoms with Gasteiger partial charge in [0.2, 0.25) is 0 Å². The molecular formula is C13H13Cl2N. The minimum Gasteiger partial charge on any atom is -0.345 e. The molecule has 1 nitrogen and oxygen atoms in total. The van der Waals surface area contributed by atoms with E-state index in [1.807, 2.05) is 18.2 Å². The summed E-state index contributed by atoms with van der Waals surface area (Å²) < 4.78 is 2.25. The summed E-state index contributed by atoms with van der Waals surface area (Å²) in [4.78, 5) is 0. The van der Waals surface area contributed by atoms with Gasteiger partial charge in [0.1, 0.15) is 0 Å². The topological polar surface area (TPSA) is 4.93 Å². The lowest BCUT2D eigenvalue weighted by Crippen LogP contribution is -2.03. The summed E-state index contributed by atoms with van der Waals surface area (Å²) in [5.41, 5.74) is 3.67. The van der Waals surface area contributed by atoms with Crippen molar-refractivity contribution in [1.82, 2.24) is 4.57 Å². The first-order valence-corrected chi connectivity index (χ1v) is 5.90. The first-order valence-electron chi connectivity index (χ1n) is 5.14. The maximum Gasteiger partial charge on any atom is 0.0595 e. The third-order valence-corrected chi connectivity index (χ3v) is 3.48. The fourth-order valence-electron chi connectivity index (χ4n) is 1.77. The number of aryl methyl sites for hydroxylation is 2. The fraction of sp³-hybridized carbons (Fsp3) is 0.231. The minimum absolute atomic E-state index is 0.603. The maximum atomic E-state index is 5.99. The Bertz CT molecular complexity index is 495. The van der Waals surface area contributed by atoms with E-state index in [0.717, 1.165) is 12.1 Å². The van der Waals surface area contributed by atoms with Crippen molar-refractivity contribution in [3.8, 4) is 0 Å². The second-order valence-electron chi connectivity index (χ2n) is 3.95. The van der Waals surface area contributed by atoms with Gasteiger partial charge in [0, 0.05) is 17.9 Å². The zero-order valence-electron chi connectivity index (χ0n) is 9.30. The summed E-state index contributed by atoms with van der Waals surface area (Å²) in [6, 6.07) is 10.0. The van der Waals surface area contributed by atoms with E-state index in [1.54, 1.807) is 0 Å². The van der Waals surface area contributed by atoms with Gasteiger partial charge in [0.15, 0.2) is 0 Å². The van der Waals surface area contributed by atoms with Crippen molar-refractivity contribution in [2.75, 3.05) is 0 Å². The highest BCUT2D eigenvalue weighted by atomic mass is 35.5. The van der Waals surface area contributed by atoms with Gasteiger partial charge in [-0.3, -0.25) is 0 Å². The molecule has 0 atom stereocenters. The predicted octanol–water partition coefficient (Wildman–Crippen LogP) is 4.46. The van der Waals surface area contributed by atoms with E-state index in [1.165, 1.54) is 11.4 Å². The van der Waals surface area contributed by atoms with E-state index in [9.17, 15) is 0 Å². The number of hydrogen-bond acceptors (Lipinski definition) is 0. The van der Waals surface area contributed by atoms with Crippen LogP contribution in [-0.4, -0.2) is 4.57 Å². The van der Waals surface area contributed by atoms with Gasteiger partial charge in [-0.25, -0.2) is 0 Å². The number of hydrogen-bond donors (Lipinski definition) is 0. The molecule has 0 bridgehead atoms. The molecule has 0 aliphatic heterocycles. The molecule has 0 unspecified atom stereocenters. The molecule has 3 heteroatoms. The summed E-state index contributed by atoms with van der Waals surface area (Å²) in [5, 5.41) is 1.22. The molecule has 0 saturated carbocycles. The monoisotopic (exact) mass is 253 g/mol. The quantitative estimate of drug-likeness (QED) is 0.745. The number of nitrogens with zero attached hydrogens (tertiary/aromatic N) is 1. The second kappa shape index (κ2) is 4.52. The highest BCUT2D eigenvalue weighted by Gasteiger charge is 2.04. The standard InChI is InChI=1S/C13H13Cl2N/c1-9-3-4-10(2)16(9)8-11-5-6-12(14)13(15)7-11/h3-7H,8H2,1-2H3. The Labute approximate surface area is 106 Å². The third kappa shape index (κ3) is 2.26. The van der Waals surface area contributed by atoms with E-state index in [2.05, 4.69) is 30.5 Å². The van der Waals surface area contributed by atoms with Gasteiger partial charge in [0.25, 0.3) is 0 Å². The molecule has 16 heavy (non-hydrogen) atoms. The van der Waals surface area contributed by atoms with Crippen LogP contribution in [0.4, 0.5) is 0 Å². The highest BCUT2D eigenvalue weighted by Crippen LogP contribution is 2.23. The molecule has 0 N–H and O–H groups in total. The van der Waals surface area contributed by atoms with Gasteiger partial charge >= 0.3 is 0 Å². The van der Waals surface area contributed by atoms with E-state index in [4.69, 9.17) is 23.2 Å². The molecule has 1 heterocycles. The summed E-state index contributed by atoms with van der Waals surface area (Å²) >= 11 is 11.9. The lowest BCUT2D eigenvalue weighted by Gasteiger charge is -2.10. The normalized spacial score (nSPS) is 10.8. The molecule has 2 aromatic rings. The van der Waals surface area contributed by atoms with Crippen LogP contribution in [0.15, 0.2) is 30.3 Å². The minimum atomic E-state index is 0.603. The molecule has 0 spiro atoms. The summed E-state index contributed by atoms with van der Waals surface area (Å²) in [7, 11) is 0. The van der Waals surface area contributed by atoms with Crippen molar-refractivity contribution in [2.24, 2.45) is 0 Å². The van der Waals surface area contributed by atoms with Gasteiger partial charge < -0.3 is 4.57 Å². The number of aromatic nitrogens is 1. The Kier molecular flexibility index (Phi) is 3.27. The second-order valence-corrected chi connectivity index (χ2v) is 4.77. The summed E-state index contributed by atoms with van der Waals surface area (Å²) in [6.45, 7) is 5.04. The zero-order chi connectivity index (χ0) is 11.7. The van der Waals surface area contributed by atoms with Crippen LogP contribution < -0.4 is 0 Å². The Morgan fingerprint density at radius 2 is 1.56 bits per heavy atom. The lowest BCUT2D eigenvalue weighted by molar-refractivity contribution is 0.749. The lowest BCUT2D eigenvalue weighted by atomic mass is 10.2. The van der Waals surface area contributed by atoms with Crippen molar-refractivity contribution in [3.63, 3.8) is 0 Å². The molecule has 1 aromatic carbocycles. The van der Waals surface area contributed by atoms with E-state index < -0.39 is 0 Å². The maximum absolute atomic E-state index is 5.99. The molecule has 0 amide bonds. The van der Waals surface area contributed by atoms with Crippen LogP contribution in [0.25, 0.3) is 0 Å². The number of benzene rings is 1. The zero-order valence-corrected chi connectivity index (χ0v) is 10.8. The molecule has 0 aliphatic carbocycles. The van der Waals surface area contributed by atoms with Crippen molar-refractivity contribution >= 4 is 23.2 Å². The number of halogens is 2. The molecule has 0 radical (unpaired) electrons. The van der Waals surface area contributed by atoms with Gasteiger partial charge in [-0.05, 0) is 43.7 Å². The molecule has 2 rings (SSSR count). The molecule has 0 aliphatic rings. The Morgan fingerprint density at radius 1 is 0.938 bits per heavy atom. The molecule has 84 valence electrons. The van der Waals surface area contributed by atoms with Crippen LogP contribution in [0, 0.1) is 13.8 Å². The van der Waals surface area contributed by atoms with Crippen molar-refractivity contribution in [3.05, 3.63) is 57.3 Å². The highest BCUT2D eigenvalue weighted by molar-refractivity contribution is 6.42. The van der Waals surface area contributed by atoms with Gasteiger partial charge in [-0.15, -0.1) is 0 Å². The largest absolute Gasteiger partial charge is 0.345 e. The molecular weight excluding hydrogens is 241 g/mol. The van der Waals surface area contributed by atoms with E-state index in [-0.39, 0.29) is 0 Å². The fourth-order valence-corrected chi connectivity index (χ4v) is 2.09. The van der Waals surface area contributed by atoms with Gasteiger partial charge in [0.05, 0.1) is 10.0 Å². The predicted molar refractivity (Wildman–Crippen MR) is 69.5 cm³/mol. The smallest absolute Gasteiger partial charge is 0.0595 e. The number of rotatable bonds is 2. The average molecular weight is 254 g/mol. The van der Waals surface area contributed by atoms with Crippen LogP contribution in [-0.2, 0) is 6.54 Å². The Morgan fingerprint density at radius 3 is 2.12 bits per heavy atom. The van der Waals surface area contributed by atoms with Crippen LogP contribution in [0.3, 0.4) is 0 Å². The SMILES string of the molecule is Cc1ccc(C)n1Cc1ccc(Cl)c(Cl)c1. The van der Waals surface area contributed by atoms with Gasteiger partial charge in [-0.2, -0.15) is 0 Å². The summed E-state index contributed by atoms with van der Waals surface area (Å²) in [6.07, 6.45) is 0. The van der Waals surface area contributed by atoms with Crippen LogP contribution in [0.1, 0.15) is 17.0 Å². The van der Waals surface area contributed by atoms with E-state index >= 15 is 0 Å². The summed E-state index contributed by atoms with van der Waals surface area (Å²) in [5.74, 6) is 0. The Hall–Kier alpha value is -0.920. The van der Waals surface area contributed by atoms with Gasteiger partial charge in [-0.1, -0.05) is 29.3 Å².